The van der Waals surface area contributed by atoms with Crippen LogP contribution in [0, 0.1) is 0 Å². The standard InChI is InChI=1S/C65H71N15O18S5/c1-27(81)44-57(87)76-45(28(2)92-9)60-72-38(26-101-60)56(86)77-48-50-51(98-42-17-65(4,90)52(79(7)8)29(3)97-42)64(89)95-19-30-12-11-13-39-43(30)32(20-94-50)49(80(39)91)63(88)96-21-33(68-54(84)36-25-103-62(48)73-36)59-69-34(22-100-59)46-31(58-70-37(24-99-58)55(85)75-44)16-40(93-10)47(74-46)61-71-35(23-102-61)53(83)67-15-14-66-41(82)18-78(5)6/h11-13,16,22-27,29,33,42,44,48,50-52,81,90-91H,14-15,17-21H2,1-10H3,(H,66,82)(H,67,83)(H,68,84)(H,75,85)(H,76,87)(H,77,86)/b45-28+. The van der Waals surface area contributed by atoms with Crippen LogP contribution in [-0.4, -0.2) is 224 Å². The van der Waals surface area contributed by atoms with Gasteiger partial charge in [-0.25, -0.2) is 39.5 Å². The van der Waals surface area contributed by atoms with E-state index in [9.17, 15) is 34.6 Å². The van der Waals surface area contributed by atoms with Crippen molar-refractivity contribution in [1.29, 1.82) is 0 Å². The third kappa shape index (κ3) is 15.4. The van der Waals surface area contributed by atoms with Crippen LogP contribution in [0.4, 0.5) is 0 Å². The van der Waals surface area contributed by atoms with Crippen LogP contribution in [0.1, 0.15) is 125 Å². The van der Waals surface area contributed by atoms with Crippen molar-refractivity contribution >= 4 is 121 Å². The van der Waals surface area contributed by atoms with E-state index >= 15 is 19.2 Å². The molecule has 4 aliphatic heterocycles. The number of aliphatic hydroxyl groups excluding tert-OH is 1. The second kappa shape index (κ2) is 30.6. The third-order valence-electron chi connectivity index (χ3n) is 17.2. The highest BCUT2D eigenvalue weighted by atomic mass is 32.1. The molecule has 38 heteroatoms. The van der Waals surface area contributed by atoms with Crippen molar-refractivity contribution < 1.29 is 86.9 Å². The van der Waals surface area contributed by atoms with Crippen molar-refractivity contribution in [2.45, 2.75) is 108 Å². The molecule has 1 saturated heterocycles. The lowest BCUT2D eigenvalue weighted by molar-refractivity contribution is -0.280. The lowest BCUT2D eigenvalue weighted by Crippen LogP contribution is -2.62. The molecule has 11 heterocycles. The number of methoxy groups -OCH3 is 2. The Morgan fingerprint density at radius 1 is 0.806 bits per heavy atom. The van der Waals surface area contributed by atoms with E-state index in [4.69, 9.17) is 53.1 Å². The Morgan fingerprint density at radius 2 is 1.48 bits per heavy atom. The zero-order chi connectivity index (χ0) is 73.5. The molecule has 0 saturated carbocycles. The van der Waals surface area contributed by atoms with Crippen LogP contribution in [0.15, 0.2) is 56.9 Å². The normalized spacial score (nSPS) is 23.5. The highest BCUT2D eigenvalue weighted by Gasteiger charge is 2.50. The number of ether oxygens (including phenoxy) is 7. The van der Waals surface area contributed by atoms with Crippen LogP contribution in [0.2, 0.25) is 0 Å². The first-order chi connectivity index (χ1) is 49.2. The molecule has 4 aliphatic rings. The number of aromatic nitrogens is 7. The van der Waals surface area contributed by atoms with E-state index in [1.54, 1.807) is 75.4 Å². The third-order valence-corrected chi connectivity index (χ3v) is 21.6. The number of allylic oxidation sites excluding steroid dienone is 1. The van der Waals surface area contributed by atoms with Crippen LogP contribution >= 0.6 is 56.7 Å². The molecule has 103 heavy (non-hydrogen) atoms. The molecule has 8 aromatic rings. The van der Waals surface area contributed by atoms with Gasteiger partial charge >= 0.3 is 11.9 Å². The minimum Gasteiger partial charge on any atom is -0.499 e. The fourth-order valence-corrected chi connectivity index (χ4v) is 16.6. The Bertz CT molecular complexity index is 4650. The number of nitrogens with one attached hydrogen (secondary N) is 6. The topological polar surface area (TPSA) is 423 Å². The number of rotatable bonds is 13. The van der Waals surface area contributed by atoms with Gasteiger partial charge in [0.15, 0.2) is 18.1 Å². The van der Waals surface area contributed by atoms with Crippen molar-refractivity contribution in [1.82, 2.24) is 76.3 Å². The zero-order valence-corrected chi connectivity index (χ0v) is 61.0. The van der Waals surface area contributed by atoms with Gasteiger partial charge in [0.1, 0.15) is 120 Å². The molecule has 0 radical (unpaired) electrons. The summed E-state index contributed by atoms with van der Waals surface area (Å²) in [5.74, 6) is -6.38. The van der Waals surface area contributed by atoms with Crippen LogP contribution in [0.5, 0.6) is 5.75 Å². The number of carbonyl (C=O) groups excluding carboxylic acids is 8. The zero-order valence-electron chi connectivity index (χ0n) is 56.9. The summed E-state index contributed by atoms with van der Waals surface area (Å²) in [6, 6.07) is 1.09. The maximum atomic E-state index is 15.2. The average molecular weight is 1510 g/mol. The number of hydrogen-bond acceptors (Lipinski definition) is 31. The molecule has 544 valence electrons. The first kappa shape index (κ1) is 73.4. The number of benzene rings is 1. The highest BCUT2D eigenvalue weighted by Crippen LogP contribution is 2.43. The summed E-state index contributed by atoms with van der Waals surface area (Å²) >= 11 is 4.83. The van der Waals surface area contributed by atoms with E-state index in [0.29, 0.717) is 10.3 Å². The smallest absolute Gasteiger partial charge is 0.358 e. The molecule has 12 bridgehead atoms. The fraction of sp³-hybridized carbons (Fsp3) is 0.415. The summed E-state index contributed by atoms with van der Waals surface area (Å²) in [4.78, 5) is 148. The number of esters is 2. The molecule has 0 aliphatic carbocycles. The van der Waals surface area contributed by atoms with Crippen LogP contribution < -0.4 is 36.6 Å². The van der Waals surface area contributed by atoms with E-state index < -0.39 is 127 Å². The van der Waals surface area contributed by atoms with E-state index in [-0.39, 0.29) is 136 Å². The Balaban J connectivity index is 1.02. The Hall–Kier alpha value is -9.32. The minimum absolute atomic E-state index is 0.000962. The largest absolute Gasteiger partial charge is 0.499 e. The molecule has 1 fully saturated rings. The van der Waals surface area contributed by atoms with E-state index in [2.05, 4.69) is 41.9 Å². The molecule has 6 amide bonds. The van der Waals surface area contributed by atoms with Gasteiger partial charge in [-0.15, -0.1) is 56.7 Å². The van der Waals surface area contributed by atoms with Gasteiger partial charge in [-0.2, -0.15) is 4.73 Å². The first-order valence-electron chi connectivity index (χ1n) is 31.9. The average Bonchev–Trinajstić information content (AvgIpc) is 1.63. The number of carbonyl (C=O) groups is 8. The van der Waals surface area contributed by atoms with Gasteiger partial charge in [-0.1, -0.05) is 12.1 Å². The summed E-state index contributed by atoms with van der Waals surface area (Å²) in [5.41, 5.74) is -1.71. The molecule has 9 N–H and O–H groups in total. The number of thiazole rings is 5. The molecular weight excluding hydrogens is 1440 g/mol. The van der Waals surface area contributed by atoms with Crippen molar-refractivity contribution in [3.8, 4) is 38.4 Å². The molecule has 1 aromatic carbocycles. The number of hydrogen-bond donors (Lipinski definition) is 9. The molecule has 33 nitrogen and oxygen atoms in total. The summed E-state index contributed by atoms with van der Waals surface area (Å²) in [6.07, 6.45) is -7.49. The van der Waals surface area contributed by atoms with Crippen molar-refractivity contribution in [3.05, 3.63) is 112 Å². The summed E-state index contributed by atoms with van der Waals surface area (Å²) in [6.45, 7) is 4.75. The number of nitrogens with zero attached hydrogens (tertiary/aromatic N) is 9. The fourth-order valence-electron chi connectivity index (χ4n) is 12.4. The van der Waals surface area contributed by atoms with Crippen molar-refractivity contribution in [3.63, 3.8) is 0 Å². The first-order valence-corrected chi connectivity index (χ1v) is 36.3. The van der Waals surface area contributed by atoms with Crippen LogP contribution in [0.25, 0.3) is 49.3 Å². The summed E-state index contributed by atoms with van der Waals surface area (Å²) < 4.78 is 44.4. The maximum Gasteiger partial charge on any atom is 0.358 e. The number of fused-ring (bicyclic) bond motifs is 15. The minimum atomic E-state index is -1.91. The van der Waals surface area contributed by atoms with Crippen LogP contribution in [0.3, 0.4) is 0 Å². The maximum absolute atomic E-state index is 15.2. The molecule has 12 rings (SSSR count). The van der Waals surface area contributed by atoms with Gasteiger partial charge in [-0.3, -0.25) is 28.8 Å². The molecule has 10 unspecified atom stereocenters. The van der Waals surface area contributed by atoms with E-state index in [1.807, 2.05) is 0 Å². The number of cyclic esters (lactones) is 2. The number of likely N-dealkylation sites (N-methyl/N-ethyl adjacent to an activating group) is 2. The Labute approximate surface area is 606 Å². The lowest BCUT2D eigenvalue weighted by Gasteiger charge is -2.48. The predicted octanol–water partition coefficient (Wildman–Crippen LogP) is 3.87. The monoisotopic (exact) mass is 1510 g/mol. The van der Waals surface area contributed by atoms with Gasteiger partial charge in [0.25, 0.3) is 23.6 Å². The SMILES string of the molecule is CO/C(C)=C1/NC(=O)C(C(C)O)NC(=O)c2csc(n2)-c2cc(OC)c(-c3nc(C(=O)NCCNC(=O)CN(C)C)cs3)nc2-c2csc(n2)C2COC(=O)c3c4c5c(cccc5n3O)COC(=O)C(OC3CC(C)(O)C(N(C)C)C(C)O3)C(OC4)C(NC(=O)c3csc1n3)c1nc(cs1)C(=O)N2. The van der Waals surface area contributed by atoms with Gasteiger partial charge in [0.05, 0.1) is 56.7 Å². The quantitative estimate of drug-likeness (QED) is 0.0342. The molecule has 10 atom stereocenters. The van der Waals surface area contributed by atoms with Gasteiger partial charge in [-0.05, 0) is 73.6 Å². The summed E-state index contributed by atoms with van der Waals surface area (Å²) in [5, 5.41) is 60.0. The molecule has 0 spiro atoms. The van der Waals surface area contributed by atoms with Crippen LogP contribution in [-0.2, 0) is 56.0 Å². The second-order valence-electron chi connectivity index (χ2n) is 25.1. The second-order valence-corrected chi connectivity index (χ2v) is 29.4. The molecular formula is C65H71N15O18S5. The van der Waals surface area contributed by atoms with Gasteiger partial charge in [0, 0.05) is 62.9 Å². The number of pyridine rings is 1. The molecule has 7 aromatic heterocycles. The summed E-state index contributed by atoms with van der Waals surface area (Å²) in [7, 11) is 9.76. The van der Waals surface area contributed by atoms with Crippen molar-refractivity contribution in [2.75, 3.05) is 68.7 Å². The van der Waals surface area contributed by atoms with Gasteiger partial charge in [0.2, 0.25) is 11.8 Å². The predicted molar refractivity (Wildman–Crippen MR) is 373 cm³/mol. The Morgan fingerprint density at radius 3 is 2.19 bits per heavy atom. The highest BCUT2D eigenvalue weighted by molar-refractivity contribution is 7.14. The number of aliphatic hydroxyl groups is 2. The van der Waals surface area contributed by atoms with E-state index in [0.717, 1.165) is 56.7 Å². The number of amides is 6. The van der Waals surface area contributed by atoms with Crippen molar-refractivity contribution in [2.24, 2.45) is 0 Å². The Kier molecular flexibility index (Phi) is 21.8. The van der Waals surface area contributed by atoms with E-state index in [1.165, 1.54) is 55.7 Å². The van der Waals surface area contributed by atoms with Gasteiger partial charge < -0.3 is 90.3 Å². The lowest BCUT2D eigenvalue weighted by atomic mass is 9.85.